The molecule has 0 unspecified atom stereocenters. The number of ether oxygens (including phenoxy) is 1. The number of aliphatic hydroxyl groups is 2. The van der Waals surface area contributed by atoms with Gasteiger partial charge in [-0.3, -0.25) is 14.2 Å². The highest BCUT2D eigenvalue weighted by Crippen LogP contribution is 2.36. The fraction of sp³-hybridized carbons (Fsp3) is 0.421. The third-order valence-electron chi connectivity index (χ3n) is 4.81. The molecule has 2 heterocycles. The van der Waals surface area contributed by atoms with E-state index in [1.54, 1.807) is 18.2 Å². The van der Waals surface area contributed by atoms with Crippen LogP contribution < -0.4 is 11.2 Å². The molecule has 0 radical (unpaired) electrons. The van der Waals surface area contributed by atoms with E-state index >= 15 is 0 Å². The molecule has 1 aromatic heterocycles. The van der Waals surface area contributed by atoms with E-state index in [4.69, 9.17) is 4.74 Å². The van der Waals surface area contributed by atoms with Gasteiger partial charge in [0.1, 0.15) is 12.3 Å². The molecule has 1 aliphatic rings. The fourth-order valence-corrected chi connectivity index (χ4v) is 3.46. The van der Waals surface area contributed by atoms with Crippen molar-refractivity contribution in [3.63, 3.8) is 0 Å². The number of aliphatic hydroxyl groups excluding tert-OH is 2. The van der Waals surface area contributed by atoms with Gasteiger partial charge in [0, 0.05) is 23.7 Å². The van der Waals surface area contributed by atoms with Gasteiger partial charge in [0.25, 0.3) is 11.5 Å². The van der Waals surface area contributed by atoms with Crippen LogP contribution in [0.5, 0.6) is 0 Å². The molecule has 1 aromatic carbocycles. The van der Waals surface area contributed by atoms with Crippen LogP contribution in [-0.4, -0.2) is 44.1 Å². The maximum atomic E-state index is 12.9. The number of hydrogen-bond acceptors (Lipinski definition) is 6. The summed E-state index contributed by atoms with van der Waals surface area (Å²) in [5, 5.41) is 19.8. The molecule has 8 heteroatoms. The molecule has 1 saturated heterocycles. The standard InChI is InChI=1S/C19H22N2O6/c1-2-6-13-16(24)14(11-22)27-18(13)20-10-9-15(23)21(19(20)26)17(25)12-7-4-3-5-8-12/h3-5,7-10,13-14,16,18,22,24H,2,6,11H2,1H3/t13-,14-,16+,18-/m1/s1. The fourth-order valence-electron chi connectivity index (χ4n) is 3.46. The number of carbonyl (C=O) groups is 1. The Kier molecular flexibility index (Phi) is 5.69. The van der Waals surface area contributed by atoms with Crippen molar-refractivity contribution < 1.29 is 19.7 Å². The molecule has 1 fully saturated rings. The van der Waals surface area contributed by atoms with Crippen LogP contribution in [0, 0.1) is 5.92 Å². The summed E-state index contributed by atoms with van der Waals surface area (Å²) in [4.78, 5) is 37.8. The van der Waals surface area contributed by atoms with Crippen molar-refractivity contribution in [2.45, 2.75) is 38.2 Å². The Labute approximate surface area is 155 Å². The number of hydrogen-bond donors (Lipinski definition) is 2. The average Bonchev–Trinajstić information content (AvgIpc) is 2.98. The molecular weight excluding hydrogens is 352 g/mol. The van der Waals surface area contributed by atoms with Crippen molar-refractivity contribution in [3.8, 4) is 0 Å². The summed E-state index contributed by atoms with van der Waals surface area (Å²) in [5.41, 5.74) is -1.37. The Morgan fingerprint density at radius 1 is 1.19 bits per heavy atom. The number of aromatic nitrogens is 2. The summed E-state index contributed by atoms with van der Waals surface area (Å²) in [6.07, 6.45) is -0.0997. The van der Waals surface area contributed by atoms with Crippen LogP contribution in [0.3, 0.4) is 0 Å². The second kappa shape index (κ2) is 7.99. The first-order valence-corrected chi connectivity index (χ1v) is 8.88. The normalized spacial score (nSPS) is 24.9. The van der Waals surface area contributed by atoms with Crippen LogP contribution in [0.1, 0.15) is 36.4 Å². The molecule has 0 spiro atoms. The van der Waals surface area contributed by atoms with Crippen molar-refractivity contribution in [3.05, 3.63) is 69.0 Å². The van der Waals surface area contributed by atoms with Crippen molar-refractivity contribution in [2.24, 2.45) is 5.92 Å². The van der Waals surface area contributed by atoms with Crippen LogP contribution in [0.15, 0.2) is 52.2 Å². The van der Waals surface area contributed by atoms with Crippen molar-refractivity contribution in [1.82, 2.24) is 9.13 Å². The summed E-state index contributed by atoms with van der Waals surface area (Å²) in [6.45, 7) is 1.54. The molecule has 2 N–H and O–H groups in total. The van der Waals surface area contributed by atoms with E-state index in [9.17, 15) is 24.6 Å². The van der Waals surface area contributed by atoms with Crippen molar-refractivity contribution in [2.75, 3.05) is 6.61 Å². The Bertz CT molecular complexity index is 920. The van der Waals surface area contributed by atoms with Crippen molar-refractivity contribution in [1.29, 1.82) is 0 Å². The SMILES string of the molecule is CCC[C@@H]1[C@H](O)[C@@H](CO)O[C@H]1n1ccc(=O)n(C(=O)c2ccccc2)c1=O. The molecular formula is C19H22N2O6. The minimum absolute atomic E-state index is 0.208. The number of rotatable bonds is 5. The average molecular weight is 374 g/mol. The van der Waals surface area contributed by atoms with E-state index in [1.807, 2.05) is 6.92 Å². The highest BCUT2D eigenvalue weighted by molar-refractivity contribution is 5.95. The number of carbonyl (C=O) groups excluding carboxylic acids is 1. The molecule has 144 valence electrons. The lowest BCUT2D eigenvalue weighted by Gasteiger charge is -2.22. The Morgan fingerprint density at radius 2 is 1.89 bits per heavy atom. The summed E-state index contributed by atoms with van der Waals surface area (Å²) < 4.78 is 7.37. The van der Waals surface area contributed by atoms with E-state index in [0.717, 1.165) is 17.1 Å². The minimum atomic E-state index is -0.947. The van der Waals surface area contributed by atoms with Gasteiger partial charge in [-0.2, -0.15) is 4.57 Å². The van der Waals surface area contributed by atoms with E-state index < -0.39 is 48.1 Å². The smallest absolute Gasteiger partial charge is 0.340 e. The van der Waals surface area contributed by atoms with Crippen molar-refractivity contribution >= 4 is 5.91 Å². The van der Waals surface area contributed by atoms with Crippen LogP contribution >= 0.6 is 0 Å². The largest absolute Gasteiger partial charge is 0.394 e. The predicted octanol–water partition coefficient (Wildman–Crippen LogP) is 0.365. The Hall–Kier alpha value is -2.55. The monoisotopic (exact) mass is 374 g/mol. The highest BCUT2D eigenvalue weighted by atomic mass is 16.5. The topological polar surface area (TPSA) is 111 Å². The van der Waals surface area contributed by atoms with Crippen LogP contribution in [0.4, 0.5) is 0 Å². The van der Waals surface area contributed by atoms with Gasteiger partial charge in [-0.15, -0.1) is 0 Å². The van der Waals surface area contributed by atoms with Gasteiger partial charge in [0.2, 0.25) is 0 Å². The highest BCUT2D eigenvalue weighted by Gasteiger charge is 2.44. The van der Waals surface area contributed by atoms with E-state index in [0.29, 0.717) is 11.0 Å². The maximum absolute atomic E-state index is 12.9. The second-order valence-corrected chi connectivity index (χ2v) is 6.54. The molecule has 8 nitrogen and oxygen atoms in total. The molecule has 2 aromatic rings. The summed E-state index contributed by atoms with van der Waals surface area (Å²) in [6, 6.07) is 9.15. The zero-order valence-electron chi connectivity index (χ0n) is 14.9. The lowest BCUT2D eigenvalue weighted by Crippen LogP contribution is -2.45. The van der Waals surface area contributed by atoms with E-state index in [1.165, 1.54) is 18.3 Å². The lowest BCUT2D eigenvalue weighted by molar-refractivity contribution is -0.0486. The van der Waals surface area contributed by atoms with Gasteiger partial charge in [-0.05, 0) is 18.6 Å². The molecule has 4 atom stereocenters. The second-order valence-electron chi connectivity index (χ2n) is 6.54. The minimum Gasteiger partial charge on any atom is -0.394 e. The van der Waals surface area contributed by atoms with E-state index in [-0.39, 0.29) is 5.56 Å². The van der Waals surface area contributed by atoms with Gasteiger partial charge < -0.3 is 14.9 Å². The van der Waals surface area contributed by atoms with Gasteiger partial charge in [0.15, 0.2) is 0 Å². The number of benzene rings is 1. The van der Waals surface area contributed by atoms with Crippen LogP contribution in [-0.2, 0) is 4.74 Å². The van der Waals surface area contributed by atoms with E-state index in [2.05, 4.69) is 0 Å². The zero-order valence-corrected chi connectivity index (χ0v) is 14.9. The van der Waals surface area contributed by atoms with Gasteiger partial charge in [-0.1, -0.05) is 31.5 Å². The van der Waals surface area contributed by atoms with Crippen LogP contribution in [0.2, 0.25) is 0 Å². The molecule has 0 saturated carbocycles. The first-order valence-electron chi connectivity index (χ1n) is 8.88. The summed E-state index contributed by atoms with van der Waals surface area (Å²) in [7, 11) is 0. The van der Waals surface area contributed by atoms with Gasteiger partial charge in [-0.25, -0.2) is 4.79 Å². The third kappa shape index (κ3) is 3.51. The molecule has 3 rings (SSSR count). The lowest BCUT2D eigenvalue weighted by atomic mass is 9.95. The first kappa shape index (κ1) is 19.2. The molecule has 0 amide bonds. The number of nitrogens with zero attached hydrogens (tertiary/aromatic N) is 2. The maximum Gasteiger partial charge on any atom is 0.340 e. The predicted molar refractivity (Wildman–Crippen MR) is 96.5 cm³/mol. The summed E-state index contributed by atoms with van der Waals surface area (Å²) in [5.74, 6) is -1.17. The summed E-state index contributed by atoms with van der Waals surface area (Å²) >= 11 is 0. The molecule has 27 heavy (non-hydrogen) atoms. The first-order chi connectivity index (χ1) is 13.0. The van der Waals surface area contributed by atoms with Gasteiger partial charge >= 0.3 is 5.69 Å². The Balaban J connectivity index is 2.06. The van der Waals surface area contributed by atoms with Gasteiger partial charge in [0.05, 0.1) is 12.7 Å². The zero-order chi connectivity index (χ0) is 19.6. The van der Waals surface area contributed by atoms with Crippen LogP contribution in [0.25, 0.3) is 0 Å². The molecule has 0 bridgehead atoms. The molecule has 0 aliphatic carbocycles. The quantitative estimate of drug-likeness (QED) is 0.782. The third-order valence-corrected chi connectivity index (χ3v) is 4.81. The Morgan fingerprint density at radius 3 is 2.52 bits per heavy atom. The molecule has 1 aliphatic heterocycles.